The van der Waals surface area contributed by atoms with Crippen molar-refractivity contribution in [2.45, 2.75) is 32.9 Å². The van der Waals surface area contributed by atoms with Crippen molar-refractivity contribution in [2.24, 2.45) is 0 Å². The van der Waals surface area contributed by atoms with E-state index < -0.39 is 9.04 Å². The van der Waals surface area contributed by atoms with Gasteiger partial charge in [0.1, 0.15) is 5.75 Å². The van der Waals surface area contributed by atoms with Gasteiger partial charge in [0.15, 0.2) is 0 Å². The molecule has 0 saturated carbocycles. The van der Waals surface area contributed by atoms with Crippen LogP contribution in [0, 0.1) is 0 Å². The Hall–Kier alpha value is -1.55. The van der Waals surface area contributed by atoms with Crippen LogP contribution in [-0.2, 0) is 16.0 Å². The summed E-state index contributed by atoms with van der Waals surface area (Å²) >= 11 is 0. The predicted octanol–water partition coefficient (Wildman–Crippen LogP) is 3.37. The Labute approximate surface area is 117 Å². The highest BCUT2D eigenvalue weighted by molar-refractivity contribution is 6.49. The predicted molar refractivity (Wildman–Crippen MR) is 78.6 cm³/mol. The molecule has 0 atom stereocenters. The first kappa shape index (κ1) is 15.5. The summed E-state index contributed by atoms with van der Waals surface area (Å²) in [5.41, 5.74) is 1.60. The Kier molecular flexibility index (Phi) is 6.36. The Balaban J connectivity index is 2.45. The van der Waals surface area contributed by atoms with E-state index in [0.717, 1.165) is 18.6 Å². The van der Waals surface area contributed by atoms with Crippen LogP contribution in [0.2, 0.25) is 13.1 Å². The number of esters is 1. The summed E-state index contributed by atoms with van der Waals surface area (Å²) in [6.45, 7) is 9.83. The average Bonchev–Trinajstić information content (AvgIpc) is 2.35. The van der Waals surface area contributed by atoms with Crippen molar-refractivity contribution in [1.82, 2.24) is 0 Å². The van der Waals surface area contributed by atoms with Crippen molar-refractivity contribution in [1.29, 1.82) is 0 Å². The second-order valence-electron chi connectivity index (χ2n) is 4.64. The quantitative estimate of drug-likeness (QED) is 0.332. The van der Waals surface area contributed by atoms with E-state index in [-0.39, 0.29) is 5.97 Å². The van der Waals surface area contributed by atoms with E-state index in [9.17, 15) is 4.79 Å². The number of hydrogen-bond donors (Lipinski definition) is 0. The van der Waals surface area contributed by atoms with Gasteiger partial charge in [-0.3, -0.25) is 0 Å². The van der Waals surface area contributed by atoms with Gasteiger partial charge in [0, 0.05) is 5.57 Å². The molecule has 1 rings (SSSR count). The summed E-state index contributed by atoms with van der Waals surface area (Å²) in [6.07, 6.45) is 1.63. The van der Waals surface area contributed by atoms with Crippen molar-refractivity contribution in [3.05, 3.63) is 42.0 Å². The van der Waals surface area contributed by atoms with Gasteiger partial charge in [-0.15, -0.1) is 0 Å². The molecule has 0 fully saturated rings. The molecule has 0 N–H and O–H groups in total. The number of ether oxygens (including phenoxy) is 1. The molecule has 0 saturated heterocycles. The standard InChI is InChI=1S/C15H21O3Si/c1-12(2)15(16)17-11-7-9-13-8-5-6-10-14(13)18-19(3)4/h5-6,8,10H,1,7,9,11H2,2-4H3. The molecular formula is C15H21O3Si. The van der Waals surface area contributed by atoms with E-state index in [1.54, 1.807) is 6.92 Å². The van der Waals surface area contributed by atoms with Crippen LogP contribution in [0.15, 0.2) is 36.4 Å². The van der Waals surface area contributed by atoms with Gasteiger partial charge in [-0.25, -0.2) is 4.79 Å². The summed E-state index contributed by atoms with van der Waals surface area (Å²) < 4.78 is 10.9. The van der Waals surface area contributed by atoms with Crippen LogP contribution in [0.5, 0.6) is 5.75 Å². The number of carbonyl (C=O) groups is 1. The molecule has 3 nitrogen and oxygen atoms in total. The molecule has 0 amide bonds. The van der Waals surface area contributed by atoms with E-state index in [0.29, 0.717) is 12.2 Å². The lowest BCUT2D eigenvalue weighted by atomic mass is 10.1. The third kappa shape index (κ3) is 5.74. The van der Waals surface area contributed by atoms with Crippen molar-refractivity contribution >= 4 is 15.0 Å². The summed E-state index contributed by atoms with van der Waals surface area (Å²) in [5, 5.41) is 0. The third-order valence-electron chi connectivity index (χ3n) is 2.46. The van der Waals surface area contributed by atoms with Gasteiger partial charge in [-0.05, 0) is 44.5 Å². The van der Waals surface area contributed by atoms with Crippen LogP contribution in [0.25, 0.3) is 0 Å². The van der Waals surface area contributed by atoms with Crippen LogP contribution >= 0.6 is 0 Å². The Morgan fingerprint density at radius 1 is 1.32 bits per heavy atom. The van der Waals surface area contributed by atoms with Gasteiger partial charge in [-0.1, -0.05) is 24.8 Å². The zero-order chi connectivity index (χ0) is 14.3. The first-order valence-corrected chi connectivity index (χ1v) is 8.80. The molecule has 1 aromatic carbocycles. The SMILES string of the molecule is C=C(C)C(=O)OCCCc1ccccc1O[Si](C)C. The molecule has 0 aliphatic carbocycles. The number of carbonyl (C=O) groups excluding carboxylic acids is 1. The maximum atomic E-state index is 11.2. The largest absolute Gasteiger partial charge is 0.542 e. The highest BCUT2D eigenvalue weighted by atomic mass is 28.3. The highest BCUT2D eigenvalue weighted by Crippen LogP contribution is 2.20. The van der Waals surface area contributed by atoms with Crippen molar-refractivity contribution in [3.63, 3.8) is 0 Å². The van der Waals surface area contributed by atoms with Crippen LogP contribution in [0.3, 0.4) is 0 Å². The van der Waals surface area contributed by atoms with Gasteiger partial charge in [0.2, 0.25) is 0 Å². The Morgan fingerprint density at radius 2 is 2.00 bits per heavy atom. The number of rotatable bonds is 7. The normalized spacial score (nSPS) is 10.3. The number of hydrogen-bond acceptors (Lipinski definition) is 3. The molecule has 19 heavy (non-hydrogen) atoms. The van der Waals surface area contributed by atoms with Crippen molar-refractivity contribution < 1.29 is 14.0 Å². The lowest BCUT2D eigenvalue weighted by Crippen LogP contribution is -2.13. The zero-order valence-electron chi connectivity index (χ0n) is 11.9. The smallest absolute Gasteiger partial charge is 0.333 e. The number of benzene rings is 1. The van der Waals surface area contributed by atoms with E-state index in [1.165, 1.54) is 5.56 Å². The van der Waals surface area contributed by atoms with Gasteiger partial charge >= 0.3 is 5.97 Å². The number of aryl methyl sites for hydroxylation is 1. The monoisotopic (exact) mass is 277 g/mol. The topological polar surface area (TPSA) is 35.5 Å². The van der Waals surface area contributed by atoms with Gasteiger partial charge in [-0.2, -0.15) is 0 Å². The van der Waals surface area contributed by atoms with Crippen LogP contribution in [-0.4, -0.2) is 21.6 Å². The fraction of sp³-hybridized carbons (Fsp3) is 0.400. The molecule has 0 heterocycles. The van der Waals surface area contributed by atoms with Crippen LogP contribution in [0.4, 0.5) is 0 Å². The Morgan fingerprint density at radius 3 is 2.63 bits per heavy atom. The van der Waals surface area contributed by atoms with Crippen molar-refractivity contribution in [3.8, 4) is 5.75 Å². The maximum Gasteiger partial charge on any atom is 0.333 e. The molecule has 0 unspecified atom stereocenters. The summed E-state index contributed by atoms with van der Waals surface area (Å²) in [7, 11) is -0.760. The average molecular weight is 277 g/mol. The minimum Gasteiger partial charge on any atom is -0.542 e. The molecule has 4 heteroatoms. The van der Waals surface area contributed by atoms with E-state index in [4.69, 9.17) is 9.16 Å². The highest BCUT2D eigenvalue weighted by Gasteiger charge is 2.07. The second-order valence-corrected chi connectivity index (χ2v) is 6.66. The molecule has 0 spiro atoms. The second kappa shape index (κ2) is 7.79. The van der Waals surface area contributed by atoms with Crippen molar-refractivity contribution in [2.75, 3.05) is 6.61 Å². The zero-order valence-corrected chi connectivity index (χ0v) is 12.9. The lowest BCUT2D eigenvalue weighted by Gasteiger charge is -2.13. The molecule has 0 aliphatic heterocycles. The van der Waals surface area contributed by atoms with Gasteiger partial charge in [0.25, 0.3) is 9.04 Å². The minimum absolute atomic E-state index is 0.322. The molecule has 103 valence electrons. The lowest BCUT2D eigenvalue weighted by molar-refractivity contribution is -0.139. The molecular weight excluding hydrogens is 256 g/mol. The molecule has 1 aromatic rings. The fourth-order valence-electron chi connectivity index (χ4n) is 1.58. The maximum absolute atomic E-state index is 11.2. The summed E-state index contributed by atoms with van der Waals surface area (Å²) in [4.78, 5) is 11.2. The number of para-hydroxylation sites is 1. The fourth-order valence-corrected chi connectivity index (χ4v) is 2.22. The van der Waals surface area contributed by atoms with E-state index in [2.05, 4.69) is 25.7 Å². The summed E-state index contributed by atoms with van der Waals surface area (Å²) in [6, 6.07) is 8.03. The molecule has 0 aromatic heterocycles. The molecule has 1 radical (unpaired) electrons. The molecule has 0 aliphatic rings. The first-order chi connectivity index (χ1) is 9.00. The first-order valence-electron chi connectivity index (χ1n) is 6.39. The van der Waals surface area contributed by atoms with Crippen LogP contribution in [0.1, 0.15) is 18.9 Å². The van der Waals surface area contributed by atoms with Gasteiger partial charge in [0.05, 0.1) is 6.61 Å². The summed E-state index contributed by atoms with van der Waals surface area (Å²) in [5.74, 6) is 0.629. The van der Waals surface area contributed by atoms with E-state index in [1.807, 2.05) is 18.2 Å². The van der Waals surface area contributed by atoms with Crippen LogP contribution < -0.4 is 4.43 Å². The third-order valence-corrected chi connectivity index (χ3v) is 3.09. The van der Waals surface area contributed by atoms with E-state index >= 15 is 0 Å². The minimum atomic E-state index is -0.760. The molecule has 0 bridgehead atoms. The van der Waals surface area contributed by atoms with Gasteiger partial charge < -0.3 is 9.16 Å². The Bertz CT molecular complexity index is 441.